The largest absolute Gasteiger partial charge is 0.470 e. The first-order chi connectivity index (χ1) is 6.84. The lowest BCUT2D eigenvalue weighted by atomic mass is 10.0. The van der Waals surface area contributed by atoms with Crippen LogP contribution in [0.4, 0.5) is 0 Å². The number of hydrogen-bond acceptors (Lipinski definition) is 4. The summed E-state index contributed by atoms with van der Waals surface area (Å²) in [5, 5.41) is 2.81. The molecule has 1 fully saturated rings. The second-order valence-electron chi connectivity index (χ2n) is 3.62. The number of nitrogens with zero attached hydrogens (tertiary/aromatic N) is 1. The monoisotopic (exact) mass is 213 g/mol. The fourth-order valence-electron chi connectivity index (χ4n) is 1.50. The molecule has 4 heteroatoms. The molecule has 1 aromatic heterocycles. The molecule has 2 rings (SSSR count). The van der Waals surface area contributed by atoms with Crippen molar-refractivity contribution in [2.24, 2.45) is 5.92 Å². The SMILES string of the molecule is Cc1csc(OCC2CCOCC2)n1. The van der Waals surface area contributed by atoms with E-state index in [1.165, 1.54) is 0 Å². The van der Waals surface area contributed by atoms with E-state index in [1.807, 2.05) is 12.3 Å². The third kappa shape index (κ3) is 2.69. The summed E-state index contributed by atoms with van der Waals surface area (Å²) in [4.78, 5) is 4.26. The molecule has 0 saturated carbocycles. The zero-order valence-electron chi connectivity index (χ0n) is 8.36. The van der Waals surface area contributed by atoms with Crippen LogP contribution < -0.4 is 4.74 Å². The van der Waals surface area contributed by atoms with Gasteiger partial charge in [0.05, 0.1) is 12.3 Å². The van der Waals surface area contributed by atoms with Crippen LogP contribution >= 0.6 is 11.3 Å². The number of aryl methyl sites for hydroxylation is 1. The average molecular weight is 213 g/mol. The topological polar surface area (TPSA) is 31.4 Å². The van der Waals surface area contributed by atoms with Crippen LogP contribution in [-0.4, -0.2) is 24.8 Å². The van der Waals surface area contributed by atoms with Crippen LogP contribution in [0.5, 0.6) is 5.19 Å². The van der Waals surface area contributed by atoms with Gasteiger partial charge in [0.2, 0.25) is 0 Å². The van der Waals surface area contributed by atoms with Crippen molar-refractivity contribution >= 4 is 11.3 Å². The summed E-state index contributed by atoms with van der Waals surface area (Å²) in [7, 11) is 0. The lowest BCUT2D eigenvalue weighted by Gasteiger charge is -2.21. The van der Waals surface area contributed by atoms with Crippen LogP contribution in [0.1, 0.15) is 18.5 Å². The van der Waals surface area contributed by atoms with Crippen LogP contribution in [-0.2, 0) is 4.74 Å². The van der Waals surface area contributed by atoms with E-state index in [0.717, 1.165) is 43.5 Å². The predicted octanol–water partition coefficient (Wildman–Crippen LogP) is 2.26. The normalized spacial score (nSPS) is 18.4. The first-order valence-electron chi connectivity index (χ1n) is 4.97. The lowest BCUT2D eigenvalue weighted by Crippen LogP contribution is -2.21. The van der Waals surface area contributed by atoms with Gasteiger partial charge < -0.3 is 9.47 Å². The van der Waals surface area contributed by atoms with Gasteiger partial charge in [-0.15, -0.1) is 0 Å². The van der Waals surface area contributed by atoms with Crippen LogP contribution in [0.25, 0.3) is 0 Å². The molecule has 78 valence electrons. The highest BCUT2D eigenvalue weighted by atomic mass is 32.1. The third-order valence-corrected chi connectivity index (χ3v) is 3.25. The summed E-state index contributed by atoms with van der Waals surface area (Å²) in [6, 6.07) is 0. The average Bonchev–Trinajstić information content (AvgIpc) is 2.63. The summed E-state index contributed by atoms with van der Waals surface area (Å²) in [6.45, 7) is 4.53. The molecule has 0 amide bonds. The highest BCUT2D eigenvalue weighted by Gasteiger charge is 2.14. The zero-order valence-corrected chi connectivity index (χ0v) is 9.18. The third-order valence-electron chi connectivity index (χ3n) is 2.38. The van der Waals surface area contributed by atoms with Gasteiger partial charge in [0.15, 0.2) is 0 Å². The van der Waals surface area contributed by atoms with Crippen molar-refractivity contribution in [3.63, 3.8) is 0 Å². The number of ether oxygens (including phenoxy) is 2. The molecule has 0 spiro atoms. The van der Waals surface area contributed by atoms with Crippen LogP contribution in [0.3, 0.4) is 0 Å². The summed E-state index contributed by atoms with van der Waals surface area (Å²) in [6.07, 6.45) is 2.23. The summed E-state index contributed by atoms with van der Waals surface area (Å²) in [5.41, 5.74) is 1.04. The Morgan fingerprint density at radius 2 is 2.36 bits per heavy atom. The number of aromatic nitrogens is 1. The Morgan fingerprint density at radius 3 is 3.00 bits per heavy atom. The smallest absolute Gasteiger partial charge is 0.273 e. The maximum Gasteiger partial charge on any atom is 0.273 e. The second-order valence-corrected chi connectivity index (χ2v) is 4.44. The first-order valence-corrected chi connectivity index (χ1v) is 5.85. The summed E-state index contributed by atoms with van der Waals surface area (Å²) < 4.78 is 10.9. The molecule has 1 aliphatic rings. The molecule has 0 aromatic carbocycles. The van der Waals surface area contributed by atoms with Crippen molar-refractivity contribution in [1.82, 2.24) is 4.98 Å². The molecule has 1 aromatic rings. The quantitative estimate of drug-likeness (QED) is 0.771. The lowest BCUT2D eigenvalue weighted by molar-refractivity contribution is 0.0497. The van der Waals surface area contributed by atoms with Gasteiger partial charge in [-0.25, -0.2) is 4.98 Å². The maximum atomic E-state index is 5.62. The molecule has 1 saturated heterocycles. The predicted molar refractivity (Wildman–Crippen MR) is 55.9 cm³/mol. The number of hydrogen-bond donors (Lipinski definition) is 0. The van der Waals surface area contributed by atoms with Crippen molar-refractivity contribution in [3.05, 3.63) is 11.1 Å². The Morgan fingerprint density at radius 1 is 1.57 bits per heavy atom. The minimum atomic E-state index is 0.646. The maximum absolute atomic E-state index is 5.62. The molecule has 0 unspecified atom stereocenters. The number of rotatable bonds is 3. The molecule has 3 nitrogen and oxygen atoms in total. The van der Waals surface area contributed by atoms with Crippen molar-refractivity contribution in [2.45, 2.75) is 19.8 Å². The van der Waals surface area contributed by atoms with Crippen molar-refractivity contribution in [1.29, 1.82) is 0 Å². The molecule has 0 aliphatic carbocycles. The standard InChI is InChI=1S/C10H15NO2S/c1-8-7-14-10(11-8)13-6-9-2-4-12-5-3-9/h7,9H,2-6H2,1H3. The highest BCUT2D eigenvalue weighted by Crippen LogP contribution is 2.20. The molecule has 0 atom stereocenters. The molecular formula is C10H15NO2S. The zero-order chi connectivity index (χ0) is 9.80. The van der Waals surface area contributed by atoms with Gasteiger partial charge >= 0.3 is 0 Å². The summed E-state index contributed by atoms with van der Waals surface area (Å²) in [5.74, 6) is 0.646. The van der Waals surface area contributed by atoms with E-state index in [4.69, 9.17) is 9.47 Å². The number of thiazole rings is 1. The van der Waals surface area contributed by atoms with E-state index in [0.29, 0.717) is 5.92 Å². The van der Waals surface area contributed by atoms with Gasteiger partial charge in [0.25, 0.3) is 5.19 Å². The van der Waals surface area contributed by atoms with Crippen LogP contribution in [0.2, 0.25) is 0 Å². The highest BCUT2D eigenvalue weighted by molar-refractivity contribution is 7.11. The van der Waals surface area contributed by atoms with Crippen molar-refractivity contribution < 1.29 is 9.47 Å². The minimum absolute atomic E-state index is 0.646. The molecule has 2 heterocycles. The van der Waals surface area contributed by atoms with E-state index < -0.39 is 0 Å². The van der Waals surface area contributed by atoms with E-state index in [-0.39, 0.29) is 0 Å². The molecular weight excluding hydrogens is 198 g/mol. The molecule has 1 aliphatic heterocycles. The van der Waals surface area contributed by atoms with Gasteiger partial charge in [-0.3, -0.25) is 0 Å². The Kier molecular flexibility index (Phi) is 3.37. The summed E-state index contributed by atoms with van der Waals surface area (Å²) >= 11 is 1.57. The molecule has 0 radical (unpaired) electrons. The Hall–Kier alpha value is -0.610. The van der Waals surface area contributed by atoms with Gasteiger partial charge in [-0.05, 0) is 25.7 Å². The molecule has 14 heavy (non-hydrogen) atoms. The second kappa shape index (κ2) is 4.75. The van der Waals surface area contributed by atoms with Crippen molar-refractivity contribution in [3.8, 4) is 5.19 Å². The van der Waals surface area contributed by atoms with Gasteiger partial charge in [0, 0.05) is 18.6 Å². The van der Waals surface area contributed by atoms with Crippen molar-refractivity contribution in [2.75, 3.05) is 19.8 Å². The minimum Gasteiger partial charge on any atom is -0.470 e. The van der Waals surface area contributed by atoms with Crippen LogP contribution in [0.15, 0.2) is 5.38 Å². The fraction of sp³-hybridized carbons (Fsp3) is 0.700. The first kappa shape index (κ1) is 9.93. The fourth-order valence-corrected chi connectivity index (χ4v) is 2.16. The van der Waals surface area contributed by atoms with E-state index in [1.54, 1.807) is 11.3 Å². The van der Waals surface area contributed by atoms with E-state index in [9.17, 15) is 0 Å². The van der Waals surface area contributed by atoms with Gasteiger partial charge in [-0.2, -0.15) is 0 Å². The molecule has 0 N–H and O–H groups in total. The Labute approximate surface area is 88.1 Å². The van der Waals surface area contributed by atoms with E-state index >= 15 is 0 Å². The van der Waals surface area contributed by atoms with Crippen LogP contribution in [0, 0.1) is 12.8 Å². The van der Waals surface area contributed by atoms with Gasteiger partial charge in [0.1, 0.15) is 0 Å². The van der Waals surface area contributed by atoms with Gasteiger partial charge in [-0.1, -0.05) is 11.3 Å². The van der Waals surface area contributed by atoms with E-state index in [2.05, 4.69) is 4.98 Å². The Bertz CT molecular complexity index is 281. The Balaban J connectivity index is 1.76. The molecule has 0 bridgehead atoms.